The predicted octanol–water partition coefficient (Wildman–Crippen LogP) is 2.42. The minimum Gasteiger partial charge on any atom is -0.493 e. The van der Waals surface area contributed by atoms with Crippen LogP contribution in [0.4, 0.5) is 4.39 Å². The molecule has 0 aliphatic carbocycles. The van der Waals surface area contributed by atoms with Crippen LogP contribution in [0.5, 0.6) is 11.5 Å². The highest BCUT2D eigenvalue weighted by atomic mass is 19.1. The van der Waals surface area contributed by atoms with Crippen LogP contribution in [0.2, 0.25) is 0 Å². The Hall–Kier alpha value is -1.29. The maximum Gasteiger partial charge on any atom is 0.196 e. The van der Waals surface area contributed by atoms with E-state index in [1.165, 1.54) is 20.3 Å². The number of halogens is 1. The summed E-state index contributed by atoms with van der Waals surface area (Å²) >= 11 is 0. The van der Waals surface area contributed by atoms with Crippen molar-refractivity contribution >= 4 is 0 Å². The summed E-state index contributed by atoms with van der Waals surface area (Å²) in [7, 11) is 4.57. The molecule has 0 atom stereocenters. The van der Waals surface area contributed by atoms with Crippen molar-refractivity contribution in [1.29, 1.82) is 0 Å². The molecule has 0 bridgehead atoms. The van der Waals surface area contributed by atoms with Crippen molar-refractivity contribution in [3.63, 3.8) is 0 Å². The minimum atomic E-state index is -0.394. The molecule has 0 aliphatic heterocycles. The van der Waals surface area contributed by atoms with E-state index in [9.17, 15) is 4.39 Å². The van der Waals surface area contributed by atoms with E-state index in [4.69, 9.17) is 14.2 Å². The fraction of sp³-hybridized carbons (Fsp3) is 0.500. The Morgan fingerprint density at radius 1 is 1.12 bits per heavy atom. The Balaban J connectivity index is 2.83. The second-order valence-corrected chi connectivity index (χ2v) is 3.41. The molecule has 0 amide bonds. The molecule has 1 rings (SSSR count). The fourth-order valence-corrected chi connectivity index (χ4v) is 1.54. The first-order chi connectivity index (χ1) is 7.72. The maximum atomic E-state index is 13.6. The first kappa shape index (κ1) is 12.8. The molecule has 0 aromatic heterocycles. The van der Waals surface area contributed by atoms with Gasteiger partial charge >= 0.3 is 0 Å². The SMILES string of the molecule is COCCCc1cc(F)c(OC)c(OC)c1. The summed E-state index contributed by atoms with van der Waals surface area (Å²) in [5, 5.41) is 0. The second kappa shape index (κ2) is 6.33. The van der Waals surface area contributed by atoms with Crippen LogP contribution in [-0.4, -0.2) is 27.9 Å². The molecular weight excluding hydrogens is 211 g/mol. The molecule has 0 N–H and O–H groups in total. The molecule has 1 aromatic carbocycles. The van der Waals surface area contributed by atoms with E-state index in [0.29, 0.717) is 12.4 Å². The summed E-state index contributed by atoms with van der Waals surface area (Å²) in [6.07, 6.45) is 1.61. The zero-order valence-electron chi connectivity index (χ0n) is 9.88. The van der Waals surface area contributed by atoms with Crippen molar-refractivity contribution in [1.82, 2.24) is 0 Å². The summed E-state index contributed by atoms with van der Waals surface area (Å²) < 4.78 is 28.5. The monoisotopic (exact) mass is 228 g/mol. The Kier molecular flexibility index (Phi) is 5.05. The zero-order chi connectivity index (χ0) is 12.0. The van der Waals surface area contributed by atoms with E-state index in [0.717, 1.165) is 18.4 Å². The van der Waals surface area contributed by atoms with Crippen LogP contribution in [0, 0.1) is 5.82 Å². The molecule has 0 spiro atoms. The number of benzene rings is 1. The van der Waals surface area contributed by atoms with Crippen molar-refractivity contribution < 1.29 is 18.6 Å². The predicted molar refractivity (Wildman–Crippen MR) is 59.7 cm³/mol. The topological polar surface area (TPSA) is 27.7 Å². The maximum absolute atomic E-state index is 13.6. The van der Waals surface area contributed by atoms with Gasteiger partial charge in [0.1, 0.15) is 0 Å². The Morgan fingerprint density at radius 2 is 1.88 bits per heavy atom. The number of methoxy groups -OCH3 is 3. The van der Waals surface area contributed by atoms with Gasteiger partial charge in [0.25, 0.3) is 0 Å². The third-order valence-corrected chi connectivity index (χ3v) is 2.31. The molecule has 0 heterocycles. The number of hydrogen-bond donors (Lipinski definition) is 0. The van der Waals surface area contributed by atoms with Crippen molar-refractivity contribution in [3.8, 4) is 11.5 Å². The van der Waals surface area contributed by atoms with Crippen LogP contribution in [-0.2, 0) is 11.2 Å². The van der Waals surface area contributed by atoms with Gasteiger partial charge < -0.3 is 14.2 Å². The van der Waals surface area contributed by atoms with Gasteiger partial charge in [-0.1, -0.05) is 0 Å². The van der Waals surface area contributed by atoms with Gasteiger partial charge in [-0.05, 0) is 30.5 Å². The van der Waals surface area contributed by atoms with Crippen molar-refractivity contribution in [2.75, 3.05) is 27.9 Å². The number of hydrogen-bond acceptors (Lipinski definition) is 3. The van der Waals surface area contributed by atoms with E-state index in [1.807, 2.05) is 0 Å². The van der Waals surface area contributed by atoms with Gasteiger partial charge in [-0.2, -0.15) is 0 Å². The summed E-state index contributed by atoms with van der Waals surface area (Å²) in [5.74, 6) is 0.183. The quantitative estimate of drug-likeness (QED) is 0.700. The van der Waals surface area contributed by atoms with E-state index in [2.05, 4.69) is 0 Å². The van der Waals surface area contributed by atoms with Gasteiger partial charge in [0.05, 0.1) is 14.2 Å². The molecule has 1 aromatic rings. The zero-order valence-corrected chi connectivity index (χ0v) is 9.88. The lowest BCUT2D eigenvalue weighted by Crippen LogP contribution is -1.98. The third kappa shape index (κ3) is 3.10. The van der Waals surface area contributed by atoms with Crippen molar-refractivity contribution in [2.45, 2.75) is 12.8 Å². The number of rotatable bonds is 6. The van der Waals surface area contributed by atoms with Crippen LogP contribution in [0.1, 0.15) is 12.0 Å². The van der Waals surface area contributed by atoms with Gasteiger partial charge in [-0.15, -0.1) is 0 Å². The lowest BCUT2D eigenvalue weighted by atomic mass is 10.1. The highest BCUT2D eigenvalue weighted by Gasteiger charge is 2.11. The number of aryl methyl sites for hydroxylation is 1. The summed E-state index contributed by atoms with van der Waals surface area (Å²) in [6.45, 7) is 0.663. The smallest absolute Gasteiger partial charge is 0.196 e. The van der Waals surface area contributed by atoms with Crippen LogP contribution >= 0.6 is 0 Å². The van der Waals surface area contributed by atoms with Gasteiger partial charge in [0, 0.05) is 13.7 Å². The molecule has 0 fully saturated rings. The first-order valence-electron chi connectivity index (χ1n) is 5.12. The van der Waals surface area contributed by atoms with Gasteiger partial charge in [-0.25, -0.2) is 4.39 Å². The molecule has 0 saturated carbocycles. The average molecular weight is 228 g/mol. The summed E-state index contributed by atoms with van der Waals surface area (Å²) in [5.41, 5.74) is 0.882. The lowest BCUT2D eigenvalue weighted by molar-refractivity contribution is 0.195. The van der Waals surface area contributed by atoms with Gasteiger partial charge in [0.2, 0.25) is 0 Å². The molecule has 0 aliphatic rings. The Labute approximate surface area is 95.1 Å². The molecule has 90 valence electrons. The van der Waals surface area contributed by atoms with Crippen LogP contribution in [0.25, 0.3) is 0 Å². The largest absolute Gasteiger partial charge is 0.493 e. The Bertz CT molecular complexity index is 339. The van der Waals surface area contributed by atoms with Gasteiger partial charge in [-0.3, -0.25) is 0 Å². The fourth-order valence-electron chi connectivity index (χ4n) is 1.54. The minimum absolute atomic E-state index is 0.151. The molecule has 0 unspecified atom stereocenters. The first-order valence-corrected chi connectivity index (χ1v) is 5.12. The molecule has 16 heavy (non-hydrogen) atoms. The standard InChI is InChI=1S/C12H17FO3/c1-14-6-4-5-9-7-10(13)12(16-3)11(8-9)15-2/h7-8H,4-6H2,1-3H3. The van der Waals surface area contributed by atoms with Crippen molar-refractivity contribution in [3.05, 3.63) is 23.5 Å². The van der Waals surface area contributed by atoms with E-state index in [-0.39, 0.29) is 5.75 Å². The van der Waals surface area contributed by atoms with Crippen LogP contribution in [0.3, 0.4) is 0 Å². The van der Waals surface area contributed by atoms with E-state index in [1.54, 1.807) is 13.2 Å². The molecular formula is C12H17FO3. The summed E-state index contributed by atoms with van der Waals surface area (Å²) in [4.78, 5) is 0. The molecule has 3 nitrogen and oxygen atoms in total. The van der Waals surface area contributed by atoms with E-state index < -0.39 is 5.82 Å². The molecule has 4 heteroatoms. The summed E-state index contributed by atoms with van der Waals surface area (Å²) in [6, 6.07) is 3.26. The van der Waals surface area contributed by atoms with Crippen LogP contribution < -0.4 is 9.47 Å². The normalized spacial score (nSPS) is 10.2. The molecule has 0 radical (unpaired) electrons. The highest BCUT2D eigenvalue weighted by molar-refractivity contribution is 5.44. The third-order valence-electron chi connectivity index (χ3n) is 2.31. The highest BCUT2D eigenvalue weighted by Crippen LogP contribution is 2.31. The van der Waals surface area contributed by atoms with Gasteiger partial charge in [0.15, 0.2) is 17.3 Å². The van der Waals surface area contributed by atoms with E-state index >= 15 is 0 Å². The lowest BCUT2D eigenvalue weighted by Gasteiger charge is -2.10. The number of ether oxygens (including phenoxy) is 3. The van der Waals surface area contributed by atoms with Crippen LogP contribution in [0.15, 0.2) is 12.1 Å². The average Bonchev–Trinajstić information content (AvgIpc) is 2.28. The second-order valence-electron chi connectivity index (χ2n) is 3.41. The Morgan fingerprint density at radius 3 is 2.44 bits per heavy atom. The van der Waals surface area contributed by atoms with Crippen molar-refractivity contribution in [2.24, 2.45) is 0 Å². The molecule has 0 saturated heterocycles.